The number of H-pyrrole nitrogens is 1. The molecule has 0 aliphatic rings. The standard InChI is InChI=1S/C15H11ClN4O6S/c1-25-14-11(20(23)24)10(18-19-14)13(21)17-6-3-4-7-8(5-6)27-12(9(7)16)15(22)26-2/h3-5H,1-2H3,(H,17,21)(H,18,19). The number of amides is 1. The van der Waals surface area contributed by atoms with E-state index in [4.69, 9.17) is 16.3 Å². The summed E-state index contributed by atoms with van der Waals surface area (Å²) < 4.78 is 10.1. The molecule has 0 bridgehead atoms. The molecular weight excluding hydrogens is 400 g/mol. The first-order valence-electron chi connectivity index (χ1n) is 7.25. The van der Waals surface area contributed by atoms with Crippen LogP contribution in [0.5, 0.6) is 5.88 Å². The number of aromatic nitrogens is 2. The van der Waals surface area contributed by atoms with Crippen molar-refractivity contribution >= 4 is 56.3 Å². The fourth-order valence-electron chi connectivity index (χ4n) is 2.35. The number of fused-ring (bicyclic) bond motifs is 1. The second kappa shape index (κ2) is 7.21. The Morgan fingerprint density at radius 3 is 2.74 bits per heavy atom. The van der Waals surface area contributed by atoms with Crippen LogP contribution >= 0.6 is 22.9 Å². The van der Waals surface area contributed by atoms with Crippen molar-refractivity contribution in [3.05, 3.63) is 43.9 Å². The fourth-order valence-corrected chi connectivity index (χ4v) is 3.82. The van der Waals surface area contributed by atoms with Crippen LogP contribution in [-0.2, 0) is 4.74 Å². The van der Waals surface area contributed by atoms with E-state index in [0.717, 1.165) is 11.3 Å². The minimum absolute atomic E-state index is 0.242. The Hall–Kier alpha value is -3.18. The topological polar surface area (TPSA) is 136 Å². The van der Waals surface area contributed by atoms with Gasteiger partial charge in [0.2, 0.25) is 5.69 Å². The average Bonchev–Trinajstić information content (AvgIpc) is 3.22. The first-order valence-corrected chi connectivity index (χ1v) is 8.45. The molecule has 0 saturated carbocycles. The summed E-state index contributed by atoms with van der Waals surface area (Å²) in [4.78, 5) is 34.8. The highest BCUT2D eigenvalue weighted by Gasteiger charge is 2.30. The molecule has 0 atom stereocenters. The Balaban J connectivity index is 1.93. The number of carbonyl (C=O) groups excluding carboxylic acids is 2. The van der Waals surface area contributed by atoms with Gasteiger partial charge in [0, 0.05) is 15.8 Å². The zero-order valence-electron chi connectivity index (χ0n) is 13.9. The van der Waals surface area contributed by atoms with Gasteiger partial charge in [0.15, 0.2) is 0 Å². The summed E-state index contributed by atoms with van der Waals surface area (Å²) in [7, 11) is 2.46. The van der Waals surface area contributed by atoms with Crippen molar-refractivity contribution < 1.29 is 24.0 Å². The summed E-state index contributed by atoms with van der Waals surface area (Å²) in [6.07, 6.45) is 0. The van der Waals surface area contributed by atoms with Crippen LogP contribution < -0.4 is 10.1 Å². The van der Waals surface area contributed by atoms with Gasteiger partial charge < -0.3 is 14.8 Å². The third-order valence-electron chi connectivity index (χ3n) is 3.57. The number of rotatable bonds is 5. The van der Waals surface area contributed by atoms with E-state index in [-0.39, 0.29) is 21.5 Å². The zero-order valence-corrected chi connectivity index (χ0v) is 15.4. The maximum atomic E-state index is 12.4. The molecule has 0 aliphatic heterocycles. The largest absolute Gasteiger partial charge is 0.475 e. The number of halogens is 1. The first kappa shape index (κ1) is 18.6. The molecule has 0 aliphatic carbocycles. The molecule has 140 valence electrons. The van der Waals surface area contributed by atoms with Gasteiger partial charge in [-0.3, -0.25) is 20.0 Å². The summed E-state index contributed by atoms with van der Waals surface area (Å²) in [5, 5.41) is 20.5. The lowest BCUT2D eigenvalue weighted by atomic mass is 10.2. The van der Waals surface area contributed by atoms with Gasteiger partial charge in [0.05, 0.1) is 24.2 Å². The lowest BCUT2D eigenvalue weighted by Crippen LogP contribution is -2.14. The number of nitrogens with one attached hydrogen (secondary N) is 2. The van der Waals surface area contributed by atoms with Crippen molar-refractivity contribution in [2.45, 2.75) is 0 Å². The Bertz CT molecular complexity index is 1080. The third kappa shape index (κ3) is 3.29. The third-order valence-corrected chi connectivity index (χ3v) is 5.21. The van der Waals surface area contributed by atoms with Crippen LogP contribution in [0.2, 0.25) is 5.02 Å². The quantitative estimate of drug-likeness (QED) is 0.374. The van der Waals surface area contributed by atoms with Crippen molar-refractivity contribution in [2.75, 3.05) is 19.5 Å². The Labute approximate surface area is 160 Å². The zero-order chi connectivity index (χ0) is 19.7. The van der Waals surface area contributed by atoms with Crippen LogP contribution in [0.4, 0.5) is 11.4 Å². The van der Waals surface area contributed by atoms with E-state index in [1.807, 2.05) is 0 Å². The average molecular weight is 411 g/mol. The summed E-state index contributed by atoms with van der Waals surface area (Å²) in [6, 6.07) is 4.77. The van der Waals surface area contributed by atoms with Crippen molar-refractivity contribution in [2.24, 2.45) is 0 Å². The van der Waals surface area contributed by atoms with Gasteiger partial charge in [0.1, 0.15) is 4.88 Å². The van der Waals surface area contributed by atoms with E-state index in [2.05, 4.69) is 20.3 Å². The molecule has 0 unspecified atom stereocenters. The predicted octanol–water partition coefficient (Wildman–Crippen LogP) is 3.23. The van der Waals surface area contributed by atoms with E-state index < -0.39 is 22.5 Å². The number of hydrogen-bond acceptors (Lipinski definition) is 8. The number of benzene rings is 1. The van der Waals surface area contributed by atoms with Gasteiger partial charge in [-0.15, -0.1) is 16.4 Å². The number of ether oxygens (including phenoxy) is 2. The van der Waals surface area contributed by atoms with Gasteiger partial charge in [-0.25, -0.2) is 4.79 Å². The van der Waals surface area contributed by atoms with Crippen LogP contribution in [-0.4, -0.2) is 41.2 Å². The molecule has 27 heavy (non-hydrogen) atoms. The van der Waals surface area contributed by atoms with Gasteiger partial charge in [-0.2, -0.15) is 0 Å². The highest BCUT2D eigenvalue weighted by atomic mass is 35.5. The van der Waals surface area contributed by atoms with E-state index in [1.54, 1.807) is 18.2 Å². The lowest BCUT2D eigenvalue weighted by Gasteiger charge is -2.03. The lowest BCUT2D eigenvalue weighted by molar-refractivity contribution is -0.386. The number of anilines is 1. The SMILES string of the molecule is COC(=O)c1sc2cc(NC(=O)c3[nH]nc(OC)c3[N+](=O)[O-])ccc2c1Cl. The smallest absolute Gasteiger partial charge is 0.362 e. The minimum atomic E-state index is -0.771. The number of carbonyl (C=O) groups is 2. The second-order valence-corrected chi connectivity index (χ2v) is 6.55. The monoisotopic (exact) mass is 410 g/mol. The number of hydrogen-bond donors (Lipinski definition) is 2. The van der Waals surface area contributed by atoms with Gasteiger partial charge in [-0.1, -0.05) is 11.6 Å². The van der Waals surface area contributed by atoms with E-state index in [1.165, 1.54) is 14.2 Å². The maximum absolute atomic E-state index is 12.4. The number of nitro groups is 1. The highest BCUT2D eigenvalue weighted by Crippen LogP contribution is 2.37. The first-order chi connectivity index (χ1) is 12.9. The van der Waals surface area contributed by atoms with Crippen LogP contribution in [0.3, 0.4) is 0 Å². The molecule has 12 heteroatoms. The molecule has 3 rings (SSSR count). The van der Waals surface area contributed by atoms with Crippen LogP contribution in [0, 0.1) is 10.1 Å². The Kier molecular flexibility index (Phi) is 4.97. The maximum Gasteiger partial charge on any atom is 0.362 e. The molecule has 1 amide bonds. The molecular formula is C15H11ClN4O6S. The summed E-state index contributed by atoms with van der Waals surface area (Å²) in [5.41, 5.74) is -0.565. The number of nitrogens with zero attached hydrogens (tertiary/aromatic N) is 2. The summed E-state index contributed by atoms with van der Waals surface area (Å²) in [5.74, 6) is -1.63. The van der Waals surface area contributed by atoms with Crippen LogP contribution in [0.1, 0.15) is 20.2 Å². The fraction of sp³-hybridized carbons (Fsp3) is 0.133. The van der Waals surface area contributed by atoms with Crippen molar-refractivity contribution in [3.63, 3.8) is 0 Å². The molecule has 2 N–H and O–H groups in total. The van der Waals surface area contributed by atoms with E-state index in [9.17, 15) is 19.7 Å². The second-order valence-electron chi connectivity index (χ2n) is 5.12. The van der Waals surface area contributed by atoms with Gasteiger partial charge in [-0.05, 0) is 18.2 Å². The molecule has 0 spiro atoms. The molecule has 10 nitrogen and oxygen atoms in total. The molecule has 3 aromatic rings. The summed E-state index contributed by atoms with van der Waals surface area (Å²) >= 11 is 7.28. The van der Waals surface area contributed by atoms with Crippen molar-refractivity contribution in [1.82, 2.24) is 10.2 Å². The molecule has 2 aromatic heterocycles. The van der Waals surface area contributed by atoms with Gasteiger partial charge >= 0.3 is 17.5 Å². The van der Waals surface area contributed by atoms with Gasteiger partial charge in [0.25, 0.3) is 5.91 Å². The van der Waals surface area contributed by atoms with Crippen molar-refractivity contribution in [1.29, 1.82) is 0 Å². The highest BCUT2D eigenvalue weighted by molar-refractivity contribution is 7.21. The number of esters is 1. The summed E-state index contributed by atoms with van der Waals surface area (Å²) in [6.45, 7) is 0. The number of thiophene rings is 1. The molecule has 1 aromatic carbocycles. The van der Waals surface area contributed by atoms with Crippen LogP contribution in [0.25, 0.3) is 10.1 Å². The van der Waals surface area contributed by atoms with E-state index in [0.29, 0.717) is 15.8 Å². The Morgan fingerprint density at radius 1 is 1.37 bits per heavy atom. The molecule has 0 fully saturated rings. The number of aromatic amines is 1. The normalized spacial score (nSPS) is 10.6. The van der Waals surface area contributed by atoms with Crippen molar-refractivity contribution in [3.8, 4) is 5.88 Å². The van der Waals surface area contributed by atoms with E-state index >= 15 is 0 Å². The number of methoxy groups -OCH3 is 2. The van der Waals surface area contributed by atoms with Crippen LogP contribution in [0.15, 0.2) is 18.2 Å². The Morgan fingerprint density at radius 2 is 2.11 bits per heavy atom. The minimum Gasteiger partial charge on any atom is -0.475 e. The predicted molar refractivity (Wildman–Crippen MR) is 97.9 cm³/mol. The molecule has 0 saturated heterocycles. The molecule has 2 heterocycles. The molecule has 0 radical (unpaired) electrons.